The van der Waals surface area contributed by atoms with E-state index in [4.69, 9.17) is 0 Å². The van der Waals surface area contributed by atoms with Gasteiger partial charge >= 0.3 is 0 Å². The molecule has 0 radical (unpaired) electrons. The van der Waals surface area contributed by atoms with Crippen molar-refractivity contribution < 1.29 is 0 Å². The second kappa shape index (κ2) is 6.18. The Bertz CT molecular complexity index is 1090. The number of nitrogens with zero attached hydrogens (tertiary/aromatic N) is 3. The molecule has 0 saturated carbocycles. The molecule has 0 atom stereocenters. The first-order valence-electron chi connectivity index (χ1n) is 8.09. The van der Waals surface area contributed by atoms with E-state index in [-0.39, 0.29) is 0 Å². The summed E-state index contributed by atoms with van der Waals surface area (Å²) in [5, 5.41) is 11.7. The zero-order chi connectivity index (χ0) is 17.2. The SMILES string of the molecule is Cc1ccc(-c2c(C#N)nc(-c3ccccn3)c3ccccc23)cc1. The lowest BCUT2D eigenvalue weighted by Gasteiger charge is -2.13. The molecule has 3 heteroatoms. The summed E-state index contributed by atoms with van der Waals surface area (Å²) in [7, 11) is 0. The van der Waals surface area contributed by atoms with Crippen molar-refractivity contribution in [2.45, 2.75) is 6.92 Å². The van der Waals surface area contributed by atoms with Gasteiger partial charge in [0.1, 0.15) is 11.8 Å². The quantitative estimate of drug-likeness (QED) is 0.513. The molecule has 0 aliphatic heterocycles. The minimum absolute atomic E-state index is 0.420. The number of rotatable bonds is 2. The number of pyridine rings is 2. The molecule has 4 rings (SSSR count). The highest BCUT2D eigenvalue weighted by Gasteiger charge is 2.16. The summed E-state index contributed by atoms with van der Waals surface area (Å²) in [6.45, 7) is 2.05. The van der Waals surface area contributed by atoms with Crippen molar-refractivity contribution in [1.29, 1.82) is 5.26 Å². The van der Waals surface area contributed by atoms with Crippen LogP contribution in [-0.4, -0.2) is 9.97 Å². The lowest BCUT2D eigenvalue weighted by molar-refractivity contribution is 1.24. The number of aromatic nitrogens is 2. The predicted molar refractivity (Wildman–Crippen MR) is 99.9 cm³/mol. The van der Waals surface area contributed by atoms with Gasteiger partial charge in [-0.2, -0.15) is 5.26 Å². The summed E-state index contributed by atoms with van der Waals surface area (Å²) in [4.78, 5) is 9.08. The largest absolute Gasteiger partial charge is 0.255 e. The number of hydrogen-bond donors (Lipinski definition) is 0. The average molecular weight is 321 g/mol. The van der Waals surface area contributed by atoms with Crippen molar-refractivity contribution in [3.8, 4) is 28.6 Å². The lowest BCUT2D eigenvalue weighted by Crippen LogP contribution is -1.97. The van der Waals surface area contributed by atoms with E-state index in [2.05, 4.69) is 35.1 Å². The Morgan fingerprint density at radius 3 is 2.24 bits per heavy atom. The third-order valence-electron chi connectivity index (χ3n) is 4.27. The zero-order valence-electron chi connectivity index (χ0n) is 13.8. The van der Waals surface area contributed by atoms with Crippen molar-refractivity contribution in [2.75, 3.05) is 0 Å². The van der Waals surface area contributed by atoms with Crippen molar-refractivity contribution in [3.63, 3.8) is 0 Å². The van der Waals surface area contributed by atoms with Crippen molar-refractivity contribution in [3.05, 3.63) is 84.2 Å². The number of nitriles is 1. The smallest absolute Gasteiger partial charge is 0.149 e. The molecular weight excluding hydrogens is 306 g/mol. The van der Waals surface area contributed by atoms with Crippen LogP contribution >= 0.6 is 0 Å². The van der Waals surface area contributed by atoms with Crippen LogP contribution in [-0.2, 0) is 0 Å². The molecule has 118 valence electrons. The number of aryl methyl sites for hydroxylation is 1. The fourth-order valence-electron chi connectivity index (χ4n) is 3.05. The highest BCUT2D eigenvalue weighted by molar-refractivity contribution is 6.04. The van der Waals surface area contributed by atoms with Gasteiger partial charge in [-0.25, -0.2) is 4.98 Å². The predicted octanol–water partition coefficient (Wildman–Crippen LogP) is 5.14. The van der Waals surface area contributed by atoms with E-state index in [1.54, 1.807) is 6.20 Å². The molecule has 0 bridgehead atoms. The third-order valence-corrected chi connectivity index (χ3v) is 4.27. The van der Waals surface area contributed by atoms with Gasteiger partial charge in [0, 0.05) is 17.1 Å². The molecule has 0 saturated heterocycles. The topological polar surface area (TPSA) is 49.6 Å². The summed E-state index contributed by atoms with van der Waals surface area (Å²) in [6, 6.07) is 24.2. The number of fused-ring (bicyclic) bond motifs is 1. The molecule has 2 aromatic heterocycles. The molecule has 0 amide bonds. The first-order chi connectivity index (χ1) is 12.3. The van der Waals surface area contributed by atoms with Crippen LogP contribution in [0.3, 0.4) is 0 Å². The summed E-state index contributed by atoms with van der Waals surface area (Å²) in [6.07, 6.45) is 1.74. The van der Waals surface area contributed by atoms with Crippen LogP contribution in [0.2, 0.25) is 0 Å². The normalized spacial score (nSPS) is 10.6. The van der Waals surface area contributed by atoms with Gasteiger partial charge in [-0.3, -0.25) is 4.98 Å². The van der Waals surface area contributed by atoms with Gasteiger partial charge in [-0.05, 0) is 30.0 Å². The molecule has 0 spiro atoms. The summed E-state index contributed by atoms with van der Waals surface area (Å²) in [5.41, 5.74) is 4.98. The van der Waals surface area contributed by atoms with Crippen molar-refractivity contribution in [1.82, 2.24) is 9.97 Å². The van der Waals surface area contributed by atoms with Gasteiger partial charge < -0.3 is 0 Å². The zero-order valence-corrected chi connectivity index (χ0v) is 13.8. The Morgan fingerprint density at radius 2 is 1.56 bits per heavy atom. The van der Waals surface area contributed by atoms with Crippen LogP contribution in [0.5, 0.6) is 0 Å². The monoisotopic (exact) mass is 321 g/mol. The maximum absolute atomic E-state index is 9.73. The van der Waals surface area contributed by atoms with E-state index in [0.717, 1.165) is 33.3 Å². The third kappa shape index (κ3) is 2.64. The Kier molecular flexibility index (Phi) is 3.72. The molecule has 2 heterocycles. The molecule has 0 N–H and O–H groups in total. The lowest BCUT2D eigenvalue weighted by atomic mass is 9.95. The Morgan fingerprint density at radius 1 is 0.840 bits per heavy atom. The van der Waals surface area contributed by atoms with E-state index in [0.29, 0.717) is 5.69 Å². The summed E-state index contributed by atoms with van der Waals surface area (Å²) in [5.74, 6) is 0. The van der Waals surface area contributed by atoms with Gasteiger partial charge in [-0.1, -0.05) is 60.2 Å². The Hall–Kier alpha value is -3.51. The van der Waals surface area contributed by atoms with E-state index < -0.39 is 0 Å². The summed E-state index contributed by atoms with van der Waals surface area (Å²) < 4.78 is 0. The molecule has 0 aliphatic carbocycles. The molecule has 0 fully saturated rings. The van der Waals surface area contributed by atoms with Gasteiger partial charge in [0.25, 0.3) is 0 Å². The van der Waals surface area contributed by atoms with Gasteiger partial charge in [-0.15, -0.1) is 0 Å². The van der Waals surface area contributed by atoms with Gasteiger partial charge in [0.05, 0.1) is 11.4 Å². The van der Waals surface area contributed by atoms with Crippen LogP contribution in [0.15, 0.2) is 72.9 Å². The fraction of sp³-hybridized carbons (Fsp3) is 0.0455. The highest BCUT2D eigenvalue weighted by atomic mass is 14.8. The van der Waals surface area contributed by atoms with E-state index >= 15 is 0 Å². The van der Waals surface area contributed by atoms with E-state index in [1.165, 1.54) is 5.56 Å². The van der Waals surface area contributed by atoms with E-state index in [1.807, 2.05) is 54.6 Å². The maximum atomic E-state index is 9.73. The molecule has 3 nitrogen and oxygen atoms in total. The van der Waals surface area contributed by atoms with Crippen LogP contribution in [0.1, 0.15) is 11.3 Å². The first kappa shape index (κ1) is 15.0. The average Bonchev–Trinajstić information content (AvgIpc) is 2.68. The van der Waals surface area contributed by atoms with Crippen molar-refractivity contribution >= 4 is 10.8 Å². The summed E-state index contributed by atoms with van der Waals surface area (Å²) >= 11 is 0. The number of benzene rings is 2. The highest BCUT2D eigenvalue weighted by Crippen LogP contribution is 2.35. The minimum Gasteiger partial charge on any atom is -0.255 e. The molecule has 2 aromatic carbocycles. The maximum Gasteiger partial charge on any atom is 0.149 e. The second-order valence-electron chi connectivity index (χ2n) is 5.92. The Labute approximate surface area is 146 Å². The van der Waals surface area contributed by atoms with Crippen LogP contribution in [0.4, 0.5) is 0 Å². The van der Waals surface area contributed by atoms with E-state index in [9.17, 15) is 5.26 Å². The fourth-order valence-corrected chi connectivity index (χ4v) is 3.05. The molecule has 4 aromatic rings. The second-order valence-corrected chi connectivity index (χ2v) is 5.92. The standard InChI is InChI=1S/C22H15N3/c1-15-9-11-16(12-10-15)21-17-6-2-3-7-18(17)22(25-20(21)14-23)19-8-4-5-13-24-19/h2-13H,1H3. The van der Waals surface area contributed by atoms with Gasteiger partial charge in [0.2, 0.25) is 0 Å². The molecule has 25 heavy (non-hydrogen) atoms. The van der Waals surface area contributed by atoms with Crippen LogP contribution in [0, 0.1) is 18.3 Å². The van der Waals surface area contributed by atoms with Crippen LogP contribution in [0.25, 0.3) is 33.3 Å². The van der Waals surface area contributed by atoms with Gasteiger partial charge in [0.15, 0.2) is 0 Å². The molecular formula is C22H15N3. The molecule has 0 aliphatic rings. The van der Waals surface area contributed by atoms with Crippen molar-refractivity contribution in [2.24, 2.45) is 0 Å². The Balaban J connectivity index is 2.09. The first-order valence-corrected chi connectivity index (χ1v) is 8.09. The number of hydrogen-bond acceptors (Lipinski definition) is 3. The molecule has 0 unspecified atom stereocenters. The minimum atomic E-state index is 0.420. The van der Waals surface area contributed by atoms with Crippen LogP contribution < -0.4 is 0 Å².